The van der Waals surface area contributed by atoms with Crippen LogP contribution in [0.25, 0.3) is 11.4 Å². The second-order valence-electron chi connectivity index (χ2n) is 2.93. The number of anilines is 2. The number of nitrogen functional groups attached to an aromatic ring is 2. The number of rotatable bonds is 1. The van der Waals surface area contributed by atoms with Crippen LogP contribution in [0, 0.1) is 0 Å². The third-order valence-corrected chi connectivity index (χ3v) is 1.79. The molecule has 0 fully saturated rings. The van der Waals surface area contributed by atoms with Crippen LogP contribution in [0.2, 0.25) is 0 Å². The second-order valence-corrected chi connectivity index (χ2v) is 2.93. The number of nitrogens with two attached hydrogens (primary N) is 2. The van der Waals surface area contributed by atoms with E-state index in [4.69, 9.17) is 11.5 Å². The van der Waals surface area contributed by atoms with Gasteiger partial charge in [0.25, 0.3) is 0 Å². The van der Waals surface area contributed by atoms with E-state index in [-0.39, 0.29) is 0 Å². The Morgan fingerprint density at radius 1 is 1.00 bits per heavy atom. The number of hydrogen-bond donors (Lipinski definition) is 2. The molecule has 4 nitrogen and oxygen atoms in total. The SMILES string of the molecule is Nc1cc(N)nc(-c2ccccn2)c1. The summed E-state index contributed by atoms with van der Waals surface area (Å²) in [5.41, 5.74) is 13.3. The lowest BCUT2D eigenvalue weighted by atomic mass is 10.2. The van der Waals surface area contributed by atoms with Gasteiger partial charge in [-0.1, -0.05) is 6.07 Å². The van der Waals surface area contributed by atoms with Crippen LogP contribution in [0.15, 0.2) is 36.5 Å². The van der Waals surface area contributed by atoms with Crippen molar-refractivity contribution in [1.82, 2.24) is 9.97 Å². The molecular weight excluding hydrogens is 176 g/mol. The number of hydrogen-bond acceptors (Lipinski definition) is 4. The highest BCUT2D eigenvalue weighted by molar-refractivity contribution is 5.62. The molecular formula is C10H10N4. The molecule has 2 aromatic rings. The zero-order valence-electron chi connectivity index (χ0n) is 7.51. The summed E-state index contributed by atoms with van der Waals surface area (Å²) in [5.74, 6) is 0.408. The lowest BCUT2D eigenvalue weighted by Gasteiger charge is -2.02. The monoisotopic (exact) mass is 186 g/mol. The molecule has 14 heavy (non-hydrogen) atoms. The maximum Gasteiger partial charge on any atom is 0.126 e. The van der Waals surface area contributed by atoms with Gasteiger partial charge < -0.3 is 11.5 Å². The van der Waals surface area contributed by atoms with E-state index in [1.807, 2.05) is 18.2 Å². The van der Waals surface area contributed by atoms with E-state index in [1.54, 1.807) is 18.3 Å². The van der Waals surface area contributed by atoms with Gasteiger partial charge in [-0.2, -0.15) is 0 Å². The highest BCUT2D eigenvalue weighted by Crippen LogP contribution is 2.18. The third kappa shape index (κ3) is 1.64. The Hall–Kier alpha value is -2.10. The van der Waals surface area contributed by atoms with Gasteiger partial charge in [0.2, 0.25) is 0 Å². The van der Waals surface area contributed by atoms with Gasteiger partial charge in [-0.15, -0.1) is 0 Å². The van der Waals surface area contributed by atoms with Gasteiger partial charge in [0.05, 0.1) is 11.4 Å². The molecule has 2 heterocycles. The molecule has 0 aromatic carbocycles. The molecule has 2 aromatic heterocycles. The largest absolute Gasteiger partial charge is 0.399 e. The van der Waals surface area contributed by atoms with Crippen molar-refractivity contribution >= 4 is 11.5 Å². The van der Waals surface area contributed by atoms with Crippen molar-refractivity contribution in [2.24, 2.45) is 0 Å². The fraction of sp³-hybridized carbons (Fsp3) is 0. The van der Waals surface area contributed by atoms with Gasteiger partial charge in [-0.05, 0) is 18.2 Å². The quantitative estimate of drug-likeness (QED) is 0.703. The van der Waals surface area contributed by atoms with Gasteiger partial charge >= 0.3 is 0 Å². The van der Waals surface area contributed by atoms with Crippen molar-refractivity contribution in [2.45, 2.75) is 0 Å². The summed E-state index contributed by atoms with van der Waals surface area (Å²) in [5, 5.41) is 0. The van der Waals surface area contributed by atoms with Crippen molar-refractivity contribution in [3.05, 3.63) is 36.5 Å². The zero-order chi connectivity index (χ0) is 9.97. The van der Waals surface area contributed by atoms with E-state index < -0.39 is 0 Å². The smallest absolute Gasteiger partial charge is 0.126 e. The minimum Gasteiger partial charge on any atom is -0.399 e. The van der Waals surface area contributed by atoms with Gasteiger partial charge in [0.1, 0.15) is 5.82 Å². The number of aromatic nitrogens is 2. The van der Waals surface area contributed by atoms with Crippen LogP contribution in [0.3, 0.4) is 0 Å². The average Bonchev–Trinajstić information content (AvgIpc) is 2.18. The summed E-state index contributed by atoms with van der Waals surface area (Å²) >= 11 is 0. The van der Waals surface area contributed by atoms with Crippen LogP contribution in [0.5, 0.6) is 0 Å². The molecule has 0 unspecified atom stereocenters. The molecule has 0 aliphatic heterocycles. The molecule has 4 N–H and O–H groups in total. The zero-order valence-corrected chi connectivity index (χ0v) is 7.51. The third-order valence-electron chi connectivity index (χ3n) is 1.79. The van der Waals surface area contributed by atoms with Crippen molar-refractivity contribution in [3.63, 3.8) is 0 Å². The van der Waals surface area contributed by atoms with Gasteiger partial charge in [0.15, 0.2) is 0 Å². The summed E-state index contributed by atoms with van der Waals surface area (Å²) in [6, 6.07) is 8.97. The summed E-state index contributed by atoms with van der Waals surface area (Å²) in [6.07, 6.45) is 1.70. The predicted molar refractivity (Wildman–Crippen MR) is 56.3 cm³/mol. The van der Waals surface area contributed by atoms with E-state index in [0.717, 1.165) is 5.69 Å². The summed E-state index contributed by atoms with van der Waals surface area (Å²) in [7, 11) is 0. The topological polar surface area (TPSA) is 77.8 Å². The minimum atomic E-state index is 0.408. The molecule has 4 heteroatoms. The van der Waals surface area contributed by atoms with Gasteiger partial charge in [0, 0.05) is 18.0 Å². The normalized spacial score (nSPS) is 10.0. The van der Waals surface area contributed by atoms with Gasteiger partial charge in [-0.3, -0.25) is 4.98 Å². The minimum absolute atomic E-state index is 0.408. The predicted octanol–water partition coefficient (Wildman–Crippen LogP) is 1.31. The first-order valence-electron chi connectivity index (χ1n) is 4.20. The molecule has 0 aliphatic rings. The van der Waals surface area contributed by atoms with E-state index in [9.17, 15) is 0 Å². The number of nitrogens with zero attached hydrogens (tertiary/aromatic N) is 2. The molecule has 0 saturated heterocycles. The van der Waals surface area contributed by atoms with Crippen LogP contribution in [0.1, 0.15) is 0 Å². The molecule has 0 atom stereocenters. The maximum atomic E-state index is 5.65. The lowest BCUT2D eigenvalue weighted by molar-refractivity contribution is 1.25. The van der Waals surface area contributed by atoms with Crippen LogP contribution in [-0.2, 0) is 0 Å². The molecule has 70 valence electrons. The van der Waals surface area contributed by atoms with Crippen molar-refractivity contribution < 1.29 is 0 Å². The maximum absolute atomic E-state index is 5.65. The second kappa shape index (κ2) is 3.33. The first-order valence-corrected chi connectivity index (χ1v) is 4.20. The fourth-order valence-electron chi connectivity index (χ4n) is 1.22. The highest BCUT2D eigenvalue weighted by atomic mass is 14.9. The summed E-state index contributed by atoms with van der Waals surface area (Å²) < 4.78 is 0. The van der Waals surface area contributed by atoms with Crippen LogP contribution >= 0.6 is 0 Å². The molecule has 2 rings (SSSR count). The first kappa shape index (κ1) is 8.50. The Labute approximate surface area is 81.6 Å². The Balaban J connectivity index is 2.52. The summed E-state index contributed by atoms with van der Waals surface area (Å²) in [4.78, 5) is 8.30. The van der Waals surface area contributed by atoms with E-state index >= 15 is 0 Å². The Bertz CT molecular complexity index is 419. The molecule has 0 bridgehead atoms. The lowest BCUT2D eigenvalue weighted by Crippen LogP contribution is -1.96. The van der Waals surface area contributed by atoms with Crippen molar-refractivity contribution in [1.29, 1.82) is 0 Å². The molecule has 0 aliphatic carbocycles. The van der Waals surface area contributed by atoms with E-state index in [1.165, 1.54) is 0 Å². The molecule has 0 spiro atoms. The van der Waals surface area contributed by atoms with E-state index in [2.05, 4.69) is 9.97 Å². The van der Waals surface area contributed by atoms with Crippen LogP contribution in [-0.4, -0.2) is 9.97 Å². The molecule has 0 amide bonds. The van der Waals surface area contributed by atoms with Crippen molar-refractivity contribution in [3.8, 4) is 11.4 Å². The Morgan fingerprint density at radius 3 is 2.50 bits per heavy atom. The number of pyridine rings is 2. The highest BCUT2D eigenvalue weighted by Gasteiger charge is 2.01. The fourth-order valence-corrected chi connectivity index (χ4v) is 1.22. The average molecular weight is 186 g/mol. The summed E-state index contributed by atoms with van der Waals surface area (Å²) in [6.45, 7) is 0. The van der Waals surface area contributed by atoms with E-state index in [0.29, 0.717) is 17.2 Å². The Morgan fingerprint density at radius 2 is 1.86 bits per heavy atom. The molecule has 0 radical (unpaired) electrons. The standard InChI is InChI=1S/C10H10N4/c11-7-5-9(14-10(12)6-7)8-3-1-2-4-13-8/h1-6H,(H4,11,12,14). The van der Waals surface area contributed by atoms with Crippen LogP contribution < -0.4 is 11.5 Å². The van der Waals surface area contributed by atoms with Gasteiger partial charge in [-0.25, -0.2) is 4.98 Å². The van der Waals surface area contributed by atoms with Crippen molar-refractivity contribution in [2.75, 3.05) is 11.5 Å². The Kier molecular flexibility index (Phi) is 2.02. The molecule has 0 saturated carbocycles. The first-order chi connectivity index (χ1) is 6.75. The van der Waals surface area contributed by atoms with Crippen LogP contribution in [0.4, 0.5) is 11.5 Å².